The minimum absolute atomic E-state index is 0.505. The molecule has 0 aliphatic heterocycles. The highest BCUT2D eigenvalue weighted by Crippen LogP contribution is 1.96. The van der Waals surface area contributed by atoms with Crippen LogP contribution in [0.15, 0.2) is 18.3 Å². The molecule has 0 saturated carbocycles. The van der Waals surface area contributed by atoms with Gasteiger partial charge in [0.25, 0.3) is 0 Å². The fourth-order valence-corrected chi connectivity index (χ4v) is 1.13. The molecule has 0 fully saturated rings. The number of aromatic nitrogens is 1. The van der Waals surface area contributed by atoms with E-state index < -0.39 is 0 Å². The standard InChI is InChI=1S/C7H9N2P/c1-5(8)7-6(10)3-2-4-9-7/h2-4,8H,10H2,1H3. The number of hydrogen-bond donors (Lipinski definition) is 1. The smallest absolute Gasteiger partial charge is 0.0905 e. The Morgan fingerprint density at radius 2 is 2.40 bits per heavy atom. The van der Waals surface area contributed by atoms with Crippen molar-refractivity contribution in [2.24, 2.45) is 0 Å². The molecule has 1 unspecified atom stereocenters. The van der Waals surface area contributed by atoms with Gasteiger partial charge < -0.3 is 5.41 Å². The van der Waals surface area contributed by atoms with Crippen molar-refractivity contribution in [3.63, 3.8) is 0 Å². The molecule has 3 heteroatoms. The summed E-state index contributed by atoms with van der Waals surface area (Å²) < 4.78 is 0. The molecule has 0 aliphatic carbocycles. The molecule has 1 aromatic rings. The van der Waals surface area contributed by atoms with E-state index in [1.54, 1.807) is 13.1 Å². The van der Waals surface area contributed by atoms with Crippen molar-refractivity contribution in [3.05, 3.63) is 24.0 Å². The molecule has 1 rings (SSSR count). The van der Waals surface area contributed by atoms with Crippen molar-refractivity contribution < 1.29 is 0 Å². The number of nitrogens with zero attached hydrogens (tertiary/aromatic N) is 1. The summed E-state index contributed by atoms with van der Waals surface area (Å²) in [5.41, 5.74) is 1.26. The SMILES string of the molecule is CC(=N)c1ncccc1P. The highest BCUT2D eigenvalue weighted by Gasteiger charge is 1.98. The Bertz CT molecular complexity index is 258. The Hall–Kier alpha value is -0.750. The molecule has 0 saturated heterocycles. The predicted octanol–water partition coefficient (Wildman–Crippen LogP) is 0.970. The van der Waals surface area contributed by atoms with Gasteiger partial charge in [0.1, 0.15) is 0 Å². The quantitative estimate of drug-likeness (QED) is 0.472. The molecule has 1 heterocycles. The summed E-state index contributed by atoms with van der Waals surface area (Å²) in [6.45, 7) is 1.73. The monoisotopic (exact) mass is 152 g/mol. The molecule has 0 spiro atoms. The molecule has 2 nitrogen and oxygen atoms in total. The summed E-state index contributed by atoms with van der Waals surface area (Å²) in [6, 6.07) is 3.78. The van der Waals surface area contributed by atoms with Crippen LogP contribution in [-0.2, 0) is 0 Å². The lowest BCUT2D eigenvalue weighted by Gasteiger charge is -1.98. The van der Waals surface area contributed by atoms with Crippen molar-refractivity contribution in [2.75, 3.05) is 0 Å². The molecular formula is C7H9N2P. The van der Waals surface area contributed by atoms with E-state index >= 15 is 0 Å². The van der Waals surface area contributed by atoms with Gasteiger partial charge in [-0.3, -0.25) is 4.98 Å². The third kappa shape index (κ3) is 1.39. The van der Waals surface area contributed by atoms with Crippen LogP contribution in [0, 0.1) is 5.41 Å². The van der Waals surface area contributed by atoms with Crippen molar-refractivity contribution in [2.45, 2.75) is 6.92 Å². The Kier molecular flexibility index (Phi) is 2.13. The number of pyridine rings is 1. The van der Waals surface area contributed by atoms with Crippen LogP contribution in [0.5, 0.6) is 0 Å². The van der Waals surface area contributed by atoms with Crippen LogP contribution in [0.2, 0.25) is 0 Å². The van der Waals surface area contributed by atoms with Gasteiger partial charge in [0.2, 0.25) is 0 Å². The first-order valence-corrected chi connectivity index (χ1v) is 3.55. The average Bonchev–Trinajstić information content (AvgIpc) is 1.88. The summed E-state index contributed by atoms with van der Waals surface area (Å²) in [4.78, 5) is 4.03. The highest BCUT2D eigenvalue weighted by atomic mass is 31.0. The lowest BCUT2D eigenvalue weighted by atomic mass is 10.3. The van der Waals surface area contributed by atoms with Gasteiger partial charge >= 0.3 is 0 Å². The molecule has 52 valence electrons. The van der Waals surface area contributed by atoms with Crippen LogP contribution in [-0.4, -0.2) is 10.7 Å². The zero-order valence-electron chi connectivity index (χ0n) is 5.76. The first-order chi connectivity index (χ1) is 4.72. The summed E-state index contributed by atoms with van der Waals surface area (Å²) in [6.07, 6.45) is 1.70. The van der Waals surface area contributed by atoms with E-state index in [0.29, 0.717) is 5.71 Å². The van der Waals surface area contributed by atoms with E-state index in [9.17, 15) is 0 Å². The zero-order chi connectivity index (χ0) is 7.56. The lowest BCUT2D eigenvalue weighted by molar-refractivity contribution is 1.29. The Labute approximate surface area is 62.4 Å². The summed E-state index contributed by atoms with van der Waals surface area (Å²) >= 11 is 0. The van der Waals surface area contributed by atoms with Gasteiger partial charge in [0.05, 0.1) is 11.4 Å². The van der Waals surface area contributed by atoms with Gasteiger partial charge in [-0.15, -0.1) is 9.24 Å². The van der Waals surface area contributed by atoms with E-state index in [1.807, 2.05) is 12.1 Å². The Balaban J connectivity index is 3.15. The van der Waals surface area contributed by atoms with Crippen LogP contribution < -0.4 is 5.30 Å². The van der Waals surface area contributed by atoms with E-state index in [0.717, 1.165) is 11.0 Å². The van der Waals surface area contributed by atoms with Gasteiger partial charge in [-0.2, -0.15) is 0 Å². The van der Waals surface area contributed by atoms with E-state index in [-0.39, 0.29) is 0 Å². The van der Waals surface area contributed by atoms with Crippen molar-refractivity contribution in [1.82, 2.24) is 4.98 Å². The molecule has 1 N–H and O–H groups in total. The first-order valence-electron chi connectivity index (χ1n) is 2.98. The second-order valence-electron chi connectivity index (χ2n) is 2.07. The average molecular weight is 152 g/mol. The Morgan fingerprint density at radius 1 is 1.70 bits per heavy atom. The number of hydrogen-bond acceptors (Lipinski definition) is 2. The van der Waals surface area contributed by atoms with Crippen LogP contribution in [0.25, 0.3) is 0 Å². The maximum Gasteiger partial charge on any atom is 0.0905 e. The summed E-state index contributed by atoms with van der Waals surface area (Å²) in [5.74, 6) is 0. The fraction of sp³-hybridized carbons (Fsp3) is 0.143. The third-order valence-corrected chi connectivity index (χ3v) is 1.66. The van der Waals surface area contributed by atoms with Gasteiger partial charge in [-0.1, -0.05) is 6.07 Å². The maximum atomic E-state index is 7.30. The van der Waals surface area contributed by atoms with Crippen LogP contribution >= 0.6 is 9.24 Å². The lowest BCUT2D eigenvalue weighted by Crippen LogP contribution is -2.08. The molecule has 0 bridgehead atoms. The zero-order valence-corrected chi connectivity index (χ0v) is 6.91. The minimum atomic E-state index is 0.505. The second-order valence-corrected chi connectivity index (χ2v) is 2.69. The Morgan fingerprint density at radius 3 is 2.80 bits per heavy atom. The summed E-state index contributed by atoms with van der Waals surface area (Å²) in [7, 11) is 2.55. The molecule has 1 atom stereocenters. The largest absolute Gasteiger partial charge is 0.303 e. The maximum absolute atomic E-state index is 7.30. The highest BCUT2D eigenvalue weighted by molar-refractivity contribution is 7.27. The number of nitrogens with one attached hydrogen (secondary N) is 1. The van der Waals surface area contributed by atoms with Crippen molar-refractivity contribution in [1.29, 1.82) is 5.41 Å². The van der Waals surface area contributed by atoms with Crippen LogP contribution in [0.4, 0.5) is 0 Å². The molecule has 0 radical (unpaired) electrons. The summed E-state index contributed by atoms with van der Waals surface area (Å²) in [5, 5.41) is 8.28. The van der Waals surface area contributed by atoms with E-state index in [1.165, 1.54) is 0 Å². The van der Waals surface area contributed by atoms with Gasteiger partial charge in [0, 0.05) is 6.20 Å². The normalized spacial score (nSPS) is 9.40. The van der Waals surface area contributed by atoms with Crippen LogP contribution in [0.1, 0.15) is 12.6 Å². The van der Waals surface area contributed by atoms with E-state index in [2.05, 4.69) is 14.2 Å². The predicted molar refractivity (Wildman–Crippen MR) is 46.1 cm³/mol. The van der Waals surface area contributed by atoms with Gasteiger partial charge in [0.15, 0.2) is 0 Å². The second kappa shape index (κ2) is 2.89. The van der Waals surface area contributed by atoms with Crippen molar-refractivity contribution >= 4 is 20.3 Å². The van der Waals surface area contributed by atoms with Crippen molar-refractivity contribution in [3.8, 4) is 0 Å². The van der Waals surface area contributed by atoms with Gasteiger partial charge in [-0.05, 0) is 18.3 Å². The fourth-order valence-electron chi connectivity index (χ4n) is 0.731. The first kappa shape index (κ1) is 7.36. The molecule has 10 heavy (non-hydrogen) atoms. The van der Waals surface area contributed by atoms with Gasteiger partial charge in [-0.25, -0.2) is 0 Å². The molecule has 0 aromatic carbocycles. The minimum Gasteiger partial charge on any atom is -0.303 e. The topological polar surface area (TPSA) is 36.7 Å². The number of rotatable bonds is 1. The van der Waals surface area contributed by atoms with Crippen LogP contribution in [0.3, 0.4) is 0 Å². The third-order valence-electron chi connectivity index (χ3n) is 1.19. The molecular weight excluding hydrogens is 143 g/mol. The molecule has 1 aromatic heterocycles. The molecule has 0 amide bonds. The van der Waals surface area contributed by atoms with E-state index in [4.69, 9.17) is 5.41 Å². The molecule has 0 aliphatic rings.